The van der Waals surface area contributed by atoms with Crippen LogP contribution < -0.4 is 0 Å². The van der Waals surface area contributed by atoms with Gasteiger partial charge in [-0.2, -0.15) is 0 Å². The van der Waals surface area contributed by atoms with Crippen molar-refractivity contribution in [2.45, 2.75) is 0 Å². The van der Waals surface area contributed by atoms with E-state index in [1.54, 1.807) is 0 Å². The number of benzene rings is 6. The summed E-state index contributed by atoms with van der Waals surface area (Å²) < 4.78 is 9.04. The summed E-state index contributed by atoms with van der Waals surface area (Å²) >= 11 is 1.83. The molecule has 9 aromatic rings. The van der Waals surface area contributed by atoms with E-state index in [9.17, 15) is 0 Å². The second-order valence-corrected chi connectivity index (χ2v) is 11.9. The van der Waals surface area contributed by atoms with Crippen LogP contribution in [0.1, 0.15) is 0 Å². The zero-order valence-electron chi connectivity index (χ0n) is 23.4. The normalized spacial score (nSPS) is 11.6. The molecule has 0 aliphatic carbocycles. The molecule has 0 aliphatic rings. The number of hydrogen-bond donors (Lipinski definition) is 0. The van der Waals surface area contributed by atoms with Crippen LogP contribution in [0, 0.1) is 0 Å². The number of hydrogen-bond acceptors (Lipinski definition) is 5. The number of furan rings is 1. The van der Waals surface area contributed by atoms with Crippen LogP contribution in [0.2, 0.25) is 0 Å². The lowest BCUT2D eigenvalue weighted by Crippen LogP contribution is -2.00. The first-order chi connectivity index (χ1) is 21.8. The molecule has 6 aromatic carbocycles. The first kappa shape index (κ1) is 24.9. The smallest absolute Gasteiger partial charge is 0.164 e. The summed E-state index contributed by atoms with van der Waals surface area (Å²) in [5.74, 6) is 1.88. The minimum atomic E-state index is 0.612. The summed E-state index contributed by atoms with van der Waals surface area (Å²) in [6, 6.07) is 47.9. The zero-order valence-corrected chi connectivity index (χ0v) is 24.3. The van der Waals surface area contributed by atoms with Crippen LogP contribution in [0.4, 0.5) is 0 Å². The molecule has 0 aliphatic heterocycles. The Morgan fingerprint density at radius 1 is 0.409 bits per heavy atom. The Hall–Kier alpha value is -5.65. The predicted molar refractivity (Wildman–Crippen MR) is 182 cm³/mol. The Kier molecular flexibility index (Phi) is 5.64. The third-order valence-electron chi connectivity index (χ3n) is 8.15. The maximum atomic E-state index is 6.47. The fourth-order valence-corrected chi connectivity index (χ4v) is 7.26. The molecule has 0 amide bonds. The van der Waals surface area contributed by atoms with Gasteiger partial charge in [-0.25, -0.2) is 15.0 Å². The van der Waals surface area contributed by atoms with Gasteiger partial charge in [-0.3, -0.25) is 0 Å². The van der Waals surface area contributed by atoms with Crippen molar-refractivity contribution >= 4 is 53.4 Å². The molecule has 5 heteroatoms. The van der Waals surface area contributed by atoms with Gasteiger partial charge >= 0.3 is 0 Å². The lowest BCUT2D eigenvalue weighted by Gasteiger charge is -2.10. The topological polar surface area (TPSA) is 51.8 Å². The third kappa shape index (κ3) is 4.02. The van der Waals surface area contributed by atoms with Crippen LogP contribution >= 0.6 is 11.3 Å². The summed E-state index contributed by atoms with van der Waals surface area (Å²) in [5.41, 5.74) is 6.70. The molecule has 44 heavy (non-hydrogen) atoms. The van der Waals surface area contributed by atoms with Gasteiger partial charge < -0.3 is 4.42 Å². The number of rotatable bonds is 4. The molecular weight excluding hydrogens is 559 g/mol. The van der Waals surface area contributed by atoms with Crippen molar-refractivity contribution in [1.29, 1.82) is 0 Å². The summed E-state index contributed by atoms with van der Waals surface area (Å²) in [6.07, 6.45) is 0. The van der Waals surface area contributed by atoms with Gasteiger partial charge in [-0.05, 0) is 35.4 Å². The standard InChI is InChI=1S/C39H23N3OS/c1-3-11-24(12-4-1)37-40-38(25-13-5-2-6-14-25)42-39(41-37)30-17-10-19-32-36(30)35-27(16-9-18-31(35)43-32)26-21-22-29-28-15-7-8-20-33(28)44-34(29)23-26/h1-23H. The lowest BCUT2D eigenvalue weighted by atomic mass is 9.96. The van der Waals surface area contributed by atoms with E-state index in [0.717, 1.165) is 49.8 Å². The zero-order chi connectivity index (χ0) is 29.0. The summed E-state index contributed by atoms with van der Waals surface area (Å²) in [7, 11) is 0. The third-order valence-corrected chi connectivity index (χ3v) is 9.29. The van der Waals surface area contributed by atoms with E-state index in [-0.39, 0.29) is 0 Å². The minimum Gasteiger partial charge on any atom is -0.456 e. The van der Waals surface area contributed by atoms with E-state index in [1.807, 2.05) is 90.2 Å². The molecule has 9 rings (SSSR count). The van der Waals surface area contributed by atoms with Gasteiger partial charge in [-0.1, -0.05) is 115 Å². The predicted octanol–water partition coefficient (Wildman–Crippen LogP) is 10.8. The van der Waals surface area contributed by atoms with Gasteiger partial charge in [0.25, 0.3) is 0 Å². The van der Waals surface area contributed by atoms with Crippen molar-refractivity contribution in [2.24, 2.45) is 0 Å². The van der Waals surface area contributed by atoms with Crippen LogP contribution in [-0.2, 0) is 0 Å². The molecule has 0 N–H and O–H groups in total. The van der Waals surface area contributed by atoms with Crippen molar-refractivity contribution in [2.75, 3.05) is 0 Å². The van der Waals surface area contributed by atoms with E-state index in [4.69, 9.17) is 19.4 Å². The Labute approximate surface area is 256 Å². The van der Waals surface area contributed by atoms with Crippen LogP contribution in [0.5, 0.6) is 0 Å². The van der Waals surface area contributed by atoms with Crippen molar-refractivity contribution < 1.29 is 4.42 Å². The van der Waals surface area contributed by atoms with E-state index < -0.39 is 0 Å². The molecule has 206 valence electrons. The molecule has 0 saturated heterocycles. The van der Waals surface area contributed by atoms with E-state index >= 15 is 0 Å². The maximum absolute atomic E-state index is 6.47. The van der Waals surface area contributed by atoms with Crippen molar-refractivity contribution in [1.82, 2.24) is 15.0 Å². The van der Waals surface area contributed by atoms with Crippen LogP contribution in [0.25, 0.3) is 87.4 Å². The Balaban J connectivity index is 1.30. The van der Waals surface area contributed by atoms with E-state index in [1.165, 1.54) is 20.2 Å². The Morgan fingerprint density at radius 2 is 0.977 bits per heavy atom. The van der Waals surface area contributed by atoms with Crippen LogP contribution in [-0.4, -0.2) is 15.0 Å². The number of nitrogens with zero attached hydrogens (tertiary/aromatic N) is 3. The first-order valence-electron chi connectivity index (χ1n) is 14.5. The average Bonchev–Trinajstić information content (AvgIpc) is 3.67. The quantitative estimate of drug-likeness (QED) is 0.207. The largest absolute Gasteiger partial charge is 0.456 e. The molecule has 0 bridgehead atoms. The number of thiophene rings is 1. The summed E-state index contributed by atoms with van der Waals surface area (Å²) in [5, 5.41) is 4.64. The summed E-state index contributed by atoms with van der Waals surface area (Å²) in [4.78, 5) is 15.0. The van der Waals surface area contributed by atoms with Crippen molar-refractivity contribution in [3.8, 4) is 45.3 Å². The number of aromatic nitrogens is 3. The van der Waals surface area contributed by atoms with Crippen molar-refractivity contribution in [3.05, 3.63) is 140 Å². The monoisotopic (exact) mass is 581 g/mol. The molecule has 3 aromatic heterocycles. The van der Waals surface area contributed by atoms with Gasteiger partial charge in [0.2, 0.25) is 0 Å². The molecule has 0 atom stereocenters. The number of fused-ring (bicyclic) bond motifs is 6. The molecule has 0 spiro atoms. The highest BCUT2D eigenvalue weighted by molar-refractivity contribution is 7.25. The minimum absolute atomic E-state index is 0.612. The molecule has 0 fully saturated rings. The molecule has 0 radical (unpaired) electrons. The highest BCUT2D eigenvalue weighted by Crippen LogP contribution is 2.43. The van der Waals surface area contributed by atoms with E-state index in [2.05, 4.69) is 60.7 Å². The SMILES string of the molecule is c1ccc(-c2nc(-c3ccccc3)nc(-c3cccc4oc5cccc(-c6ccc7c(c6)sc6ccccc67)c5c34)n2)cc1. The fourth-order valence-electron chi connectivity index (χ4n) is 6.12. The second kappa shape index (κ2) is 9.97. The second-order valence-electron chi connectivity index (χ2n) is 10.8. The van der Waals surface area contributed by atoms with Crippen molar-refractivity contribution in [3.63, 3.8) is 0 Å². The van der Waals surface area contributed by atoms with Crippen LogP contribution in [0.15, 0.2) is 144 Å². The molecule has 4 nitrogen and oxygen atoms in total. The van der Waals surface area contributed by atoms with Gasteiger partial charge in [-0.15, -0.1) is 11.3 Å². The lowest BCUT2D eigenvalue weighted by molar-refractivity contribution is 0.669. The average molecular weight is 582 g/mol. The van der Waals surface area contributed by atoms with Gasteiger partial charge in [0, 0.05) is 47.6 Å². The highest BCUT2D eigenvalue weighted by atomic mass is 32.1. The van der Waals surface area contributed by atoms with Gasteiger partial charge in [0.1, 0.15) is 11.2 Å². The molecule has 3 heterocycles. The van der Waals surface area contributed by atoms with E-state index in [0.29, 0.717) is 17.5 Å². The molecule has 0 saturated carbocycles. The fraction of sp³-hybridized carbons (Fsp3) is 0. The Morgan fingerprint density at radius 3 is 1.68 bits per heavy atom. The first-order valence-corrected chi connectivity index (χ1v) is 15.3. The van der Waals surface area contributed by atoms with Crippen LogP contribution in [0.3, 0.4) is 0 Å². The Bertz CT molecular complexity index is 2440. The summed E-state index contributed by atoms with van der Waals surface area (Å²) in [6.45, 7) is 0. The maximum Gasteiger partial charge on any atom is 0.164 e. The highest BCUT2D eigenvalue weighted by Gasteiger charge is 2.20. The molecular formula is C39H23N3OS. The van der Waals surface area contributed by atoms with Gasteiger partial charge in [0.05, 0.1) is 0 Å². The van der Waals surface area contributed by atoms with Gasteiger partial charge in [0.15, 0.2) is 17.5 Å². The molecule has 0 unspecified atom stereocenters.